The average Bonchev–Trinajstić information content (AvgIpc) is 2.55. The molecule has 0 fully saturated rings. The Hall–Kier alpha value is -2.45. The molecule has 0 aromatic heterocycles. The predicted octanol–water partition coefficient (Wildman–Crippen LogP) is 1.21. The van der Waals surface area contributed by atoms with Crippen molar-refractivity contribution >= 4 is 15.9 Å². The number of rotatable bonds is 6. The van der Waals surface area contributed by atoms with Crippen molar-refractivity contribution in [2.45, 2.75) is 17.4 Å². The first-order valence-corrected chi connectivity index (χ1v) is 8.51. The van der Waals surface area contributed by atoms with Gasteiger partial charge in [-0.15, -0.1) is 0 Å². The second-order valence-electron chi connectivity index (χ2n) is 5.06. The van der Waals surface area contributed by atoms with Crippen LogP contribution in [0.25, 0.3) is 0 Å². The number of benzene rings is 2. The van der Waals surface area contributed by atoms with E-state index in [1.165, 1.54) is 7.11 Å². The van der Waals surface area contributed by atoms with Crippen molar-refractivity contribution in [2.75, 3.05) is 7.11 Å². The van der Waals surface area contributed by atoms with E-state index < -0.39 is 32.7 Å². The van der Waals surface area contributed by atoms with Crippen LogP contribution < -0.4 is 15.2 Å². The number of nitrogens with one attached hydrogen (secondary N) is 1. The highest BCUT2D eigenvalue weighted by atomic mass is 32.2. The van der Waals surface area contributed by atoms with Gasteiger partial charge in [-0.3, -0.25) is 4.79 Å². The summed E-state index contributed by atoms with van der Waals surface area (Å²) in [5.74, 6) is -1.73. The highest BCUT2D eigenvalue weighted by Gasteiger charge is 2.25. The molecule has 2 aromatic carbocycles. The van der Waals surface area contributed by atoms with Gasteiger partial charge in [-0.05, 0) is 30.2 Å². The van der Waals surface area contributed by atoms with E-state index in [1.807, 2.05) is 10.8 Å². The highest BCUT2D eigenvalue weighted by molar-refractivity contribution is 7.90. The van der Waals surface area contributed by atoms with Crippen molar-refractivity contribution in [2.24, 2.45) is 5.73 Å². The molecule has 0 aliphatic heterocycles. The Balaban J connectivity index is 2.17. The summed E-state index contributed by atoms with van der Waals surface area (Å²) in [4.78, 5) is 11.6. The van der Waals surface area contributed by atoms with Gasteiger partial charge in [-0.2, -0.15) is 0 Å². The summed E-state index contributed by atoms with van der Waals surface area (Å²) in [5.41, 5.74) is 6.55. The summed E-state index contributed by atoms with van der Waals surface area (Å²) >= 11 is 0. The number of carbonyl (C=O) groups excluding carboxylic acids is 1. The number of sulfonamides is 1. The monoisotopic (exact) mass is 352 g/mol. The molecule has 128 valence electrons. The fourth-order valence-corrected chi connectivity index (χ4v) is 3.29. The third-order valence-electron chi connectivity index (χ3n) is 3.29. The van der Waals surface area contributed by atoms with Crippen molar-refractivity contribution in [3.8, 4) is 5.75 Å². The molecule has 1 amide bonds. The van der Waals surface area contributed by atoms with Gasteiger partial charge in [0, 0.05) is 0 Å². The van der Waals surface area contributed by atoms with Crippen LogP contribution in [0.15, 0.2) is 53.4 Å². The normalized spacial score (nSPS) is 12.5. The molecule has 2 aromatic rings. The molecule has 3 N–H and O–H groups in total. The van der Waals surface area contributed by atoms with Crippen LogP contribution in [-0.4, -0.2) is 27.5 Å². The number of hydrogen-bond donors (Lipinski definition) is 2. The number of ether oxygens (including phenoxy) is 1. The number of hydrogen-bond acceptors (Lipinski definition) is 5. The first-order chi connectivity index (χ1) is 11.3. The van der Waals surface area contributed by atoms with Gasteiger partial charge in [0.1, 0.15) is 16.5 Å². The Bertz CT molecular complexity index is 825. The van der Waals surface area contributed by atoms with Crippen molar-refractivity contribution in [3.05, 3.63) is 59.9 Å². The Kier molecular flexibility index (Phi) is 5.53. The summed E-state index contributed by atoms with van der Waals surface area (Å²) in [6, 6.07) is 10.9. The number of carbonyl (C=O) groups is 1. The first-order valence-electron chi connectivity index (χ1n) is 7.03. The molecule has 0 saturated carbocycles. The molecule has 0 aliphatic rings. The van der Waals surface area contributed by atoms with Crippen LogP contribution in [0.3, 0.4) is 0 Å². The SMILES string of the molecule is COc1ccc(F)cc1S(=O)(=O)NC(=O)C(N)Cc1ccccc1. The predicted molar refractivity (Wildman–Crippen MR) is 86.4 cm³/mol. The van der Waals surface area contributed by atoms with Crippen molar-refractivity contribution < 1.29 is 22.3 Å². The molecule has 0 heterocycles. The largest absolute Gasteiger partial charge is 0.495 e. The number of nitrogens with two attached hydrogens (primary N) is 1. The van der Waals surface area contributed by atoms with Gasteiger partial charge in [-0.25, -0.2) is 17.5 Å². The fourth-order valence-electron chi connectivity index (χ4n) is 2.08. The zero-order valence-corrected chi connectivity index (χ0v) is 13.7. The lowest BCUT2D eigenvalue weighted by atomic mass is 10.1. The average molecular weight is 352 g/mol. The van der Waals surface area contributed by atoms with Crippen molar-refractivity contribution in [1.29, 1.82) is 0 Å². The summed E-state index contributed by atoms with van der Waals surface area (Å²) in [6.45, 7) is 0. The maximum Gasteiger partial charge on any atom is 0.267 e. The second-order valence-corrected chi connectivity index (χ2v) is 6.71. The number of amides is 1. The topological polar surface area (TPSA) is 98.5 Å². The maximum absolute atomic E-state index is 13.3. The molecule has 2 rings (SSSR count). The molecule has 0 aliphatic carbocycles. The van der Waals surface area contributed by atoms with Crippen LogP contribution in [0.2, 0.25) is 0 Å². The second kappa shape index (κ2) is 7.41. The van der Waals surface area contributed by atoms with E-state index in [0.29, 0.717) is 0 Å². The van der Waals surface area contributed by atoms with Crippen molar-refractivity contribution in [1.82, 2.24) is 4.72 Å². The fraction of sp³-hybridized carbons (Fsp3) is 0.188. The van der Waals surface area contributed by atoms with Crippen LogP contribution in [-0.2, 0) is 21.2 Å². The van der Waals surface area contributed by atoms with Gasteiger partial charge in [0.2, 0.25) is 0 Å². The van der Waals surface area contributed by atoms with Gasteiger partial charge in [0.05, 0.1) is 13.2 Å². The smallest absolute Gasteiger partial charge is 0.267 e. The minimum Gasteiger partial charge on any atom is -0.495 e. The molecule has 24 heavy (non-hydrogen) atoms. The lowest BCUT2D eigenvalue weighted by molar-refractivity contribution is -0.120. The summed E-state index contributed by atoms with van der Waals surface area (Å²) in [6.07, 6.45) is 0.169. The van der Waals surface area contributed by atoms with Crippen LogP contribution in [0.4, 0.5) is 4.39 Å². The van der Waals surface area contributed by atoms with Gasteiger partial charge in [-0.1, -0.05) is 30.3 Å². The standard InChI is InChI=1S/C16H17FN2O4S/c1-23-14-8-7-12(17)10-15(14)24(21,22)19-16(20)13(18)9-11-5-3-2-4-6-11/h2-8,10,13H,9,18H2,1H3,(H,19,20). The molecule has 0 spiro atoms. The van der Waals surface area contributed by atoms with Gasteiger partial charge in [0.25, 0.3) is 15.9 Å². The lowest BCUT2D eigenvalue weighted by Crippen LogP contribution is -2.44. The Morgan fingerprint density at radius 1 is 1.25 bits per heavy atom. The zero-order valence-electron chi connectivity index (χ0n) is 12.9. The Morgan fingerprint density at radius 3 is 2.54 bits per heavy atom. The van der Waals surface area contributed by atoms with Crippen LogP contribution in [0.5, 0.6) is 5.75 Å². The molecule has 1 atom stereocenters. The van der Waals surface area contributed by atoms with Crippen LogP contribution >= 0.6 is 0 Å². The van der Waals surface area contributed by atoms with Gasteiger partial charge in [0.15, 0.2) is 0 Å². The van der Waals surface area contributed by atoms with Crippen molar-refractivity contribution in [3.63, 3.8) is 0 Å². The van der Waals surface area contributed by atoms with E-state index >= 15 is 0 Å². The molecule has 6 nitrogen and oxygen atoms in total. The third kappa shape index (κ3) is 4.30. The summed E-state index contributed by atoms with van der Waals surface area (Å²) in [5, 5.41) is 0. The Morgan fingerprint density at radius 2 is 1.92 bits per heavy atom. The van der Waals surface area contributed by atoms with E-state index in [0.717, 1.165) is 23.8 Å². The summed E-state index contributed by atoms with van der Waals surface area (Å²) < 4.78 is 44.7. The number of halogens is 1. The minimum atomic E-state index is -4.31. The molecular weight excluding hydrogens is 335 g/mol. The van der Waals surface area contributed by atoms with Gasteiger partial charge < -0.3 is 10.5 Å². The van der Waals surface area contributed by atoms with E-state index in [4.69, 9.17) is 10.5 Å². The quantitative estimate of drug-likeness (QED) is 0.814. The number of methoxy groups -OCH3 is 1. The molecule has 0 radical (unpaired) electrons. The minimum absolute atomic E-state index is 0.0756. The van der Waals surface area contributed by atoms with E-state index in [-0.39, 0.29) is 12.2 Å². The molecule has 0 bridgehead atoms. The maximum atomic E-state index is 13.3. The zero-order chi connectivity index (χ0) is 17.7. The Labute approximate surface area is 139 Å². The first kappa shape index (κ1) is 17.9. The van der Waals surface area contributed by atoms with Crippen LogP contribution in [0.1, 0.15) is 5.56 Å². The molecular formula is C16H17FN2O4S. The summed E-state index contributed by atoms with van der Waals surface area (Å²) in [7, 11) is -3.06. The van der Waals surface area contributed by atoms with E-state index in [1.54, 1.807) is 24.3 Å². The molecule has 1 unspecified atom stereocenters. The third-order valence-corrected chi connectivity index (χ3v) is 4.65. The highest BCUT2D eigenvalue weighted by Crippen LogP contribution is 2.24. The molecule has 8 heteroatoms. The molecule has 0 saturated heterocycles. The van der Waals surface area contributed by atoms with Crippen LogP contribution in [0, 0.1) is 5.82 Å². The van der Waals surface area contributed by atoms with E-state index in [9.17, 15) is 17.6 Å². The van der Waals surface area contributed by atoms with E-state index in [2.05, 4.69) is 0 Å². The van der Waals surface area contributed by atoms with Gasteiger partial charge >= 0.3 is 0 Å². The lowest BCUT2D eigenvalue weighted by Gasteiger charge is -2.14.